The van der Waals surface area contributed by atoms with Gasteiger partial charge in [0.2, 0.25) is 0 Å². The Morgan fingerprint density at radius 3 is 2.64 bits per heavy atom. The van der Waals surface area contributed by atoms with Crippen molar-refractivity contribution in [2.24, 2.45) is 5.10 Å². The first-order valence-electron chi connectivity index (χ1n) is 8.62. The number of carbonyl (C=O) groups excluding carboxylic acids is 1. The van der Waals surface area contributed by atoms with Crippen molar-refractivity contribution in [1.82, 2.24) is 9.99 Å². The number of furan rings is 1. The fourth-order valence-corrected chi connectivity index (χ4v) is 2.82. The molecule has 138 valence electrons. The third-order valence-electron chi connectivity index (χ3n) is 4.13. The van der Waals surface area contributed by atoms with Crippen molar-refractivity contribution in [2.45, 2.75) is 0 Å². The largest absolute Gasteiger partial charge is 0.455 e. The van der Waals surface area contributed by atoms with Crippen LogP contribution in [0.4, 0.5) is 4.39 Å². The van der Waals surface area contributed by atoms with Gasteiger partial charge in [0.15, 0.2) is 0 Å². The van der Waals surface area contributed by atoms with Gasteiger partial charge in [0.25, 0.3) is 5.91 Å². The number of rotatable bonds is 5. The van der Waals surface area contributed by atoms with E-state index in [1.807, 2.05) is 41.2 Å². The topological polar surface area (TPSA) is 59.5 Å². The number of halogens is 1. The highest BCUT2D eigenvalue weighted by atomic mass is 19.1. The Balaban J connectivity index is 1.47. The number of para-hydroxylation sites is 1. The highest BCUT2D eigenvalue weighted by molar-refractivity contribution is 5.98. The highest BCUT2D eigenvalue weighted by Crippen LogP contribution is 2.22. The lowest BCUT2D eigenvalue weighted by atomic mass is 10.1. The summed E-state index contributed by atoms with van der Waals surface area (Å²) < 4.78 is 20.8. The van der Waals surface area contributed by atoms with Crippen molar-refractivity contribution in [3.63, 3.8) is 0 Å². The minimum absolute atomic E-state index is 0.335. The predicted molar refractivity (Wildman–Crippen MR) is 105 cm³/mol. The van der Waals surface area contributed by atoms with Crippen LogP contribution >= 0.6 is 0 Å². The average molecular weight is 373 g/mol. The molecule has 0 aliphatic heterocycles. The van der Waals surface area contributed by atoms with E-state index in [-0.39, 0.29) is 11.7 Å². The van der Waals surface area contributed by atoms with Gasteiger partial charge in [-0.3, -0.25) is 4.79 Å². The number of aromatic nitrogens is 1. The van der Waals surface area contributed by atoms with Gasteiger partial charge in [0, 0.05) is 18.0 Å². The molecule has 4 rings (SSSR count). The van der Waals surface area contributed by atoms with E-state index in [9.17, 15) is 9.18 Å². The molecule has 0 fully saturated rings. The van der Waals surface area contributed by atoms with E-state index in [1.165, 1.54) is 18.3 Å². The van der Waals surface area contributed by atoms with Crippen LogP contribution in [0.2, 0.25) is 0 Å². The van der Waals surface area contributed by atoms with Gasteiger partial charge in [-0.2, -0.15) is 5.10 Å². The van der Waals surface area contributed by atoms with Gasteiger partial charge in [-0.05, 0) is 48.5 Å². The predicted octanol–water partition coefficient (Wildman–Crippen LogP) is 4.64. The zero-order valence-electron chi connectivity index (χ0n) is 14.7. The number of nitrogens with one attached hydrogen (secondary N) is 1. The molecular weight excluding hydrogens is 357 g/mol. The second kappa shape index (κ2) is 7.75. The zero-order chi connectivity index (χ0) is 19.3. The molecule has 1 amide bonds. The fraction of sp³-hybridized carbons (Fsp3) is 0. The molecule has 4 aromatic rings. The van der Waals surface area contributed by atoms with Crippen LogP contribution in [0.3, 0.4) is 0 Å². The summed E-state index contributed by atoms with van der Waals surface area (Å²) in [6, 6.07) is 20.6. The lowest BCUT2D eigenvalue weighted by Gasteiger charge is -2.08. The molecule has 28 heavy (non-hydrogen) atoms. The monoisotopic (exact) mass is 373 g/mol. The molecule has 0 atom stereocenters. The van der Waals surface area contributed by atoms with Crippen molar-refractivity contribution in [3.8, 4) is 17.0 Å². The third kappa shape index (κ3) is 3.76. The minimum atomic E-state index is -0.336. The summed E-state index contributed by atoms with van der Waals surface area (Å²) in [6.45, 7) is 0. The summed E-state index contributed by atoms with van der Waals surface area (Å²) >= 11 is 0. The molecule has 0 aliphatic carbocycles. The first-order valence-corrected chi connectivity index (χ1v) is 8.62. The van der Waals surface area contributed by atoms with Crippen molar-refractivity contribution in [2.75, 3.05) is 0 Å². The molecule has 2 aromatic heterocycles. The van der Waals surface area contributed by atoms with E-state index in [2.05, 4.69) is 10.5 Å². The zero-order valence-corrected chi connectivity index (χ0v) is 14.7. The van der Waals surface area contributed by atoms with Crippen LogP contribution in [-0.4, -0.2) is 16.7 Å². The molecule has 0 radical (unpaired) electrons. The van der Waals surface area contributed by atoms with E-state index in [0.717, 1.165) is 5.69 Å². The second-order valence-corrected chi connectivity index (χ2v) is 6.02. The Labute approximate surface area is 160 Å². The van der Waals surface area contributed by atoms with Gasteiger partial charge in [-0.15, -0.1) is 0 Å². The first-order chi connectivity index (χ1) is 13.7. The summed E-state index contributed by atoms with van der Waals surface area (Å²) in [7, 11) is 0. The number of benzene rings is 2. The Morgan fingerprint density at radius 2 is 1.82 bits per heavy atom. The third-order valence-corrected chi connectivity index (χ3v) is 4.13. The average Bonchev–Trinajstić information content (AvgIpc) is 3.40. The van der Waals surface area contributed by atoms with Crippen molar-refractivity contribution >= 4 is 12.1 Å². The molecule has 6 heteroatoms. The van der Waals surface area contributed by atoms with Crippen LogP contribution in [0.5, 0.6) is 0 Å². The maximum atomic E-state index is 13.3. The molecule has 1 N–H and O–H groups in total. The maximum absolute atomic E-state index is 13.3. The number of nitrogens with zero attached hydrogens (tertiary/aromatic N) is 2. The number of carbonyl (C=O) groups is 1. The summed E-state index contributed by atoms with van der Waals surface area (Å²) in [5.74, 6) is 0.290. The summed E-state index contributed by atoms with van der Waals surface area (Å²) in [5.41, 5.74) is 4.39. The summed E-state index contributed by atoms with van der Waals surface area (Å²) in [6.07, 6.45) is 5.14. The van der Waals surface area contributed by atoms with Gasteiger partial charge in [0.1, 0.15) is 17.3 Å². The van der Waals surface area contributed by atoms with Crippen LogP contribution in [0.15, 0.2) is 94.7 Å². The fourth-order valence-electron chi connectivity index (χ4n) is 2.82. The van der Waals surface area contributed by atoms with Crippen LogP contribution in [0, 0.1) is 5.82 Å². The van der Waals surface area contributed by atoms with E-state index in [4.69, 9.17) is 4.42 Å². The Morgan fingerprint density at radius 1 is 1.00 bits per heavy atom. The molecule has 0 spiro atoms. The molecular formula is C22H16FN3O2. The number of amides is 1. The smallest absolute Gasteiger partial charge is 0.273 e. The van der Waals surface area contributed by atoms with Gasteiger partial charge in [-0.25, -0.2) is 9.82 Å². The quantitative estimate of drug-likeness (QED) is 0.409. The van der Waals surface area contributed by atoms with Gasteiger partial charge < -0.3 is 8.98 Å². The van der Waals surface area contributed by atoms with Crippen LogP contribution in [0.1, 0.15) is 16.1 Å². The molecule has 0 bridgehead atoms. The molecule has 2 aromatic carbocycles. The second-order valence-electron chi connectivity index (χ2n) is 6.02. The molecule has 0 saturated heterocycles. The summed E-state index contributed by atoms with van der Waals surface area (Å²) in [5, 5.41) is 3.96. The van der Waals surface area contributed by atoms with E-state index >= 15 is 0 Å². The van der Waals surface area contributed by atoms with Crippen LogP contribution < -0.4 is 5.43 Å². The Kier molecular flexibility index (Phi) is 4.84. The first kappa shape index (κ1) is 17.5. The molecule has 2 heterocycles. The van der Waals surface area contributed by atoms with Crippen molar-refractivity contribution in [1.29, 1.82) is 0 Å². The van der Waals surface area contributed by atoms with E-state index in [1.54, 1.807) is 36.4 Å². The minimum Gasteiger partial charge on any atom is -0.455 e. The molecule has 0 saturated carbocycles. The van der Waals surface area contributed by atoms with Crippen molar-refractivity contribution < 1.29 is 13.6 Å². The molecule has 5 nitrogen and oxygen atoms in total. The Bertz CT molecular complexity index is 1130. The van der Waals surface area contributed by atoms with Gasteiger partial charge >= 0.3 is 0 Å². The van der Waals surface area contributed by atoms with E-state index in [0.29, 0.717) is 22.6 Å². The van der Waals surface area contributed by atoms with Crippen LogP contribution in [0.25, 0.3) is 17.0 Å². The normalized spacial score (nSPS) is 11.0. The standard InChI is InChI=1S/C22H16FN3O2/c23-17-7-5-6-16(14-17)21-11-10-18(28-21)15-24-25-22(27)19-8-1-2-9-20(19)26-12-3-4-13-26/h1-15H,(H,25,27)/b24-15-. The van der Waals surface area contributed by atoms with Crippen LogP contribution in [-0.2, 0) is 0 Å². The number of hydrazone groups is 1. The van der Waals surface area contributed by atoms with Gasteiger partial charge in [-0.1, -0.05) is 24.3 Å². The number of hydrogen-bond donors (Lipinski definition) is 1. The lowest BCUT2D eigenvalue weighted by Crippen LogP contribution is -2.19. The Hall–Kier alpha value is -3.93. The lowest BCUT2D eigenvalue weighted by molar-refractivity contribution is 0.0955. The summed E-state index contributed by atoms with van der Waals surface area (Å²) in [4.78, 5) is 12.5. The SMILES string of the molecule is O=C(N/N=C\c1ccc(-c2cccc(F)c2)o1)c1ccccc1-n1cccc1. The molecule has 0 aliphatic rings. The highest BCUT2D eigenvalue weighted by Gasteiger charge is 2.11. The van der Waals surface area contributed by atoms with E-state index < -0.39 is 0 Å². The van der Waals surface area contributed by atoms with Gasteiger partial charge in [0.05, 0.1) is 17.5 Å². The van der Waals surface area contributed by atoms with Crippen molar-refractivity contribution in [3.05, 3.63) is 102 Å². The molecule has 0 unspecified atom stereocenters. The maximum Gasteiger partial charge on any atom is 0.273 e. The number of hydrogen-bond acceptors (Lipinski definition) is 3.